The average molecular weight is 552 g/mol. The molecule has 1 aliphatic rings. The summed E-state index contributed by atoms with van der Waals surface area (Å²) in [6.07, 6.45) is 3.92. The van der Waals surface area contributed by atoms with E-state index in [1.807, 2.05) is 83.4 Å². The van der Waals surface area contributed by atoms with Gasteiger partial charge in [0.05, 0.1) is 16.8 Å². The Morgan fingerprint density at radius 1 is 0.762 bits per heavy atom. The summed E-state index contributed by atoms with van der Waals surface area (Å²) in [6, 6.07) is 32.0. The van der Waals surface area contributed by atoms with Gasteiger partial charge < -0.3 is 10.5 Å². The number of benzene rings is 4. The molecule has 0 saturated carbocycles. The molecule has 0 atom stereocenters. The summed E-state index contributed by atoms with van der Waals surface area (Å²) < 4.78 is 7.99. The Labute approximate surface area is 241 Å². The summed E-state index contributed by atoms with van der Waals surface area (Å²) in [4.78, 5) is 36.7. The second-order valence-corrected chi connectivity index (χ2v) is 10.0. The van der Waals surface area contributed by atoms with Crippen molar-refractivity contribution < 1.29 is 14.3 Å². The number of hydrogen-bond acceptors (Lipinski definition) is 6. The molecule has 2 aromatic heterocycles. The molecule has 0 radical (unpaired) electrons. The molecule has 6 aromatic rings. The number of carbonyl (C=O) groups excluding carboxylic acids is 2. The highest BCUT2D eigenvalue weighted by Gasteiger charge is 2.36. The second kappa shape index (κ2) is 10.3. The van der Waals surface area contributed by atoms with Crippen LogP contribution in [0.4, 0.5) is 11.5 Å². The number of rotatable bonds is 7. The molecular weight excluding hydrogens is 526 g/mol. The van der Waals surface area contributed by atoms with Gasteiger partial charge >= 0.3 is 0 Å². The van der Waals surface area contributed by atoms with Crippen molar-refractivity contribution in [2.75, 3.05) is 10.6 Å². The average Bonchev–Trinajstić information content (AvgIpc) is 3.52. The van der Waals surface area contributed by atoms with E-state index in [1.54, 1.807) is 36.5 Å². The summed E-state index contributed by atoms with van der Waals surface area (Å²) in [7, 11) is 0. The zero-order chi connectivity index (χ0) is 28.6. The summed E-state index contributed by atoms with van der Waals surface area (Å²) in [5.74, 6) is 1.17. The lowest BCUT2D eigenvalue weighted by Gasteiger charge is -2.15. The van der Waals surface area contributed by atoms with E-state index in [-0.39, 0.29) is 11.8 Å². The van der Waals surface area contributed by atoms with Crippen LogP contribution in [0.5, 0.6) is 5.75 Å². The van der Waals surface area contributed by atoms with Crippen LogP contribution in [-0.2, 0) is 13.0 Å². The number of imide groups is 1. The monoisotopic (exact) mass is 551 g/mol. The second-order valence-electron chi connectivity index (χ2n) is 10.0. The summed E-state index contributed by atoms with van der Waals surface area (Å²) in [5, 5.41) is 0. The smallest absolute Gasteiger partial charge is 0.266 e. The van der Waals surface area contributed by atoms with Crippen LogP contribution in [0.15, 0.2) is 116 Å². The van der Waals surface area contributed by atoms with Gasteiger partial charge in [-0.2, -0.15) is 0 Å². The van der Waals surface area contributed by atoms with Gasteiger partial charge in [0.2, 0.25) is 0 Å². The third kappa shape index (κ3) is 4.45. The van der Waals surface area contributed by atoms with Crippen molar-refractivity contribution in [3.8, 4) is 17.0 Å². The minimum atomic E-state index is -0.325. The van der Waals surface area contributed by atoms with Crippen molar-refractivity contribution in [1.82, 2.24) is 14.4 Å². The molecule has 7 rings (SSSR count). The number of aromatic nitrogens is 3. The Hall–Kier alpha value is -5.76. The molecule has 3 heterocycles. The van der Waals surface area contributed by atoms with Gasteiger partial charge in [0.1, 0.15) is 35.2 Å². The van der Waals surface area contributed by atoms with E-state index < -0.39 is 0 Å². The molecule has 2 amide bonds. The molecule has 0 saturated heterocycles. The van der Waals surface area contributed by atoms with Crippen LogP contribution in [0.1, 0.15) is 37.7 Å². The topological polar surface area (TPSA) is 103 Å². The Morgan fingerprint density at radius 3 is 2.26 bits per heavy atom. The fourth-order valence-corrected chi connectivity index (χ4v) is 5.34. The van der Waals surface area contributed by atoms with Gasteiger partial charge in [-0.25, -0.2) is 14.9 Å². The molecular formula is C34H25N5O3. The van der Waals surface area contributed by atoms with Gasteiger partial charge in [0, 0.05) is 24.4 Å². The van der Waals surface area contributed by atoms with Gasteiger partial charge in [0.15, 0.2) is 0 Å². The Kier molecular flexibility index (Phi) is 6.20. The zero-order valence-corrected chi connectivity index (χ0v) is 22.5. The van der Waals surface area contributed by atoms with Crippen molar-refractivity contribution in [1.29, 1.82) is 0 Å². The fourth-order valence-electron chi connectivity index (χ4n) is 5.34. The molecule has 0 bridgehead atoms. The molecule has 0 unspecified atom stereocenters. The fraction of sp³-hybridized carbons (Fsp3) is 0.0588. The number of fused-ring (bicyclic) bond motifs is 2. The maximum Gasteiger partial charge on any atom is 0.266 e. The van der Waals surface area contributed by atoms with Crippen LogP contribution in [0, 0.1) is 0 Å². The molecule has 2 N–H and O–H groups in total. The lowest BCUT2D eigenvalue weighted by molar-refractivity contribution is 0.0926. The first kappa shape index (κ1) is 25.2. The highest BCUT2D eigenvalue weighted by molar-refractivity contribution is 6.34. The Balaban J connectivity index is 1.21. The van der Waals surface area contributed by atoms with Gasteiger partial charge in [-0.3, -0.25) is 14.0 Å². The molecule has 4 aromatic carbocycles. The molecule has 8 heteroatoms. The van der Waals surface area contributed by atoms with E-state index in [1.165, 1.54) is 4.90 Å². The van der Waals surface area contributed by atoms with Crippen LogP contribution in [-0.4, -0.2) is 26.2 Å². The maximum absolute atomic E-state index is 13.1. The normalized spacial score (nSPS) is 12.6. The van der Waals surface area contributed by atoms with Crippen molar-refractivity contribution >= 4 is 28.8 Å². The molecule has 204 valence electrons. The highest BCUT2D eigenvalue weighted by atomic mass is 16.5. The first-order valence-corrected chi connectivity index (χ1v) is 13.5. The number of imidazole rings is 1. The molecule has 8 nitrogen and oxygen atoms in total. The predicted molar refractivity (Wildman–Crippen MR) is 160 cm³/mol. The number of amides is 2. The van der Waals surface area contributed by atoms with E-state index in [0.717, 1.165) is 28.3 Å². The quantitative estimate of drug-likeness (QED) is 0.246. The number of anilines is 2. The maximum atomic E-state index is 13.1. The number of nitrogens with zero attached hydrogens (tertiary/aromatic N) is 4. The minimum absolute atomic E-state index is 0.325. The number of hydrogen-bond donors (Lipinski definition) is 1. The van der Waals surface area contributed by atoms with Crippen molar-refractivity contribution in [3.05, 3.63) is 144 Å². The number of ether oxygens (including phenoxy) is 1. The standard InChI is InChI=1S/C34H25N5O3/c35-32-31-30(24-11-7-13-26(20-24)42-21-22-8-2-1-3-9-22)37-29(38(31)17-16-36-32)19-23-10-6-12-25(18-23)39-33(40)27-14-4-5-15-28(27)34(39)41/h1-18,20H,19,21H2,(H2,35,36). The van der Waals surface area contributed by atoms with Crippen LogP contribution >= 0.6 is 0 Å². The van der Waals surface area contributed by atoms with Crippen LogP contribution in [0.2, 0.25) is 0 Å². The van der Waals surface area contributed by atoms with Crippen molar-refractivity contribution in [3.63, 3.8) is 0 Å². The van der Waals surface area contributed by atoms with E-state index in [2.05, 4.69) is 4.98 Å². The Morgan fingerprint density at radius 2 is 1.48 bits per heavy atom. The summed E-state index contributed by atoms with van der Waals surface area (Å²) in [5.41, 5.74) is 11.9. The first-order valence-electron chi connectivity index (χ1n) is 13.5. The van der Waals surface area contributed by atoms with E-state index in [0.29, 0.717) is 46.9 Å². The first-order chi connectivity index (χ1) is 20.6. The molecule has 0 aliphatic carbocycles. The van der Waals surface area contributed by atoms with Gasteiger partial charge in [-0.15, -0.1) is 0 Å². The summed E-state index contributed by atoms with van der Waals surface area (Å²) in [6.45, 7) is 0.451. The molecule has 0 spiro atoms. The lowest BCUT2D eigenvalue weighted by Crippen LogP contribution is -2.29. The number of nitrogens with two attached hydrogens (primary N) is 1. The van der Waals surface area contributed by atoms with Crippen LogP contribution < -0.4 is 15.4 Å². The van der Waals surface area contributed by atoms with E-state index in [9.17, 15) is 9.59 Å². The van der Waals surface area contributed by atoms with E-state index in [4.69, 9.17) is 15.5 Å². The summed E-state index contributed by atoms with van der Waals surface area (Å²) >= 11 is 0. The zero-order valence-electron chi connectivity index (χ0n) is 22.5. The number of nitrogen functional groups attached to an aromatic ring is 1. The lowest BCUT2D eigenvalue weighted by atomic mass is 10.1. The van der Waals surface area contributed by atoms with E-state index >= 15 is 0 Å². The van der Waals surface area contributed by atoms with Crippen LogP contribution in [0.25, 0.3) is 16.8 Å². The highest BCUT2D eigenvalue weighted by Crippen LogP contribution is 2.32. The largest absolute Gasteiger partial charge is 0.489 e. The van der Waals surface area contributed by atoms with Gasteiger partial charge in [0.25, 0.3) is 11.8 Å². The van der Waals surface area contributed by atoms with Crippen LogP contribution in [0.3, 0.4) is 0 Å². The third-order valence-electron chi connectivity index (χ3n) is 7.34. The SMILES string of the molecule is Nc1nccn2c(Cc3cccc(N4C(=O)c5ccccc5C4=O)c3)nc(-c3cccc(OCc4ccccc4)c3)c12. The van der Waals surface area contributed by atoms with Crippen molar-refractivity contribution in [2.24, 2.45) is 0 Å². The molecule has 42 heavy (non-hydrogen) atoms. The Bertz CT molecular complexity index is 1950. The minimum Gasteiger partial charge on any atom is -0.489 e. The van der Waals surface area contributed by atoms with Gasteiger partial charge in [-0.1, -0.05) is 66.7 Å². The predicted octanol–water partition coefficient (Wildman–Crippen LogP) is 5.95. The molecule has 0 fully saturated rings. The van der Waals surface area contributed by atoms with Crippen molar-refractivity contribution in [2.45, 2.75) is 13.0 Å². The number of carbonyl (C=O) groups is 2. The third-order valence-corrected chi connectivity index (χ3v) is 7.34. The van der Waals surface area contributed by atoms with Gasteiger partial charge in [-0.05, 0) is 47.5 Å². The molecule has 1 aliphatic heterocycles.